The first-order chi connectivity index (χ1) is 14.7. The van der Waals surface area contributed by atoms with Crippen molar-refractivity contribution >= 4 is 75.4 Å². The van der Waals surface area contributed by atoms with Crippen LogP contribution in [-0.4, -0.2) is 65.7 Å². The average molecular weight is 588 g/mol. The number of para-hydroxylation sites is 1. The Morgan fingerprint density at radius 2 is 1.91 bits per heavy atom. The molecule has 3 N–H and O–H groups in total. The molecule has 3 heterocycles. The highest BCUT2D eigenvalue weighted by Crippen LogP contribution is 2.36. The highest BCUT2D eigenvalue weighted by Gasteiger charge is 2.29. The molecule has 0 unspecified atom stereocenters. The predicted octanol–water partition coefficient (Wildman–Crippen LogP) is 4.08. The van der Waals surface area contributed by atoms with Crippen LogP contribution in [0.15, 0.2) is 52.6 Å². The third-order valence-electron chi connectivity index (χ3n) is 5.46. The van der Waals surface area contributed by atoms with Gasteiger partial charge >= 0.3 is 0 Å². The van der Waals surface area contributed by atoms with Crippen molar-refractivity contribution in [3.8, 4) is 5.88 Å². The minimum atomic E-state index is 0. The Morgan fingerprint density at radius 1 is 1.12 bits per heavy atom. The molecule has 1 aromatic heterocycles. The topological polar surface area (TPSA) is 85.2 Å². The van der Waals surface area contributed by atoms with Crippen LogP contribution in [0.4, 0.5) is 5.69 Å². The van der Waals surface area contributed by atoms with E-state index < -0.39 is 0 Å². The minimum absolute atomic E-state index is 0. The van der Waals surface area contributed by atoms with Gasteiger partial charge in [-0.15, -0.1) is 24.8 Å². The van der Waals surface area contributed by atoms with Gasteiger partial charge in [0.15, 0.2) is 5.88 Å². The first kappa shape index (κ1) is 24.8. The van der Waals surface area contributed by atoms with Gasteiger partial charge < -0.3 is 20.2 Å². The number of halogens is 3. The lowest BCUT2D eigenvalue weighted by Gasteiger charge is -2.26. The molecule has 1 saturated heterocycles. The Balaban J connectivity index is 0.00000144. The summed E-state index contributed by atoms with van der Waals surface area (Å²) >= 11 is 2.27. The van der Waals surface area contributed by atoms with Crippen molar-refractivity contribution < 1.29 is 9.94 Å². The van der Waals surface area contributed by atoms with Crippen LogP contribution < -0.4 is 5.32 Å². The zero-order chi connectivity index (χ0) is 20.5. The number of aliphatic imine (C=N–C) groups is 1. The van der Waals surface area contributed by atoms with E-state index in [1.165, 1.54) is 0 Å². The fraction of sp³-hybridized carbons (Fsp3) is 0.273. The van der Waals surface area contributed by atoms with Gasteiger partial charge in [-0.1, -0.05) is 23.4 Å². The summed E-state index contributed by atoms with van der Waals surface area (Å²) in [6.45, 7) is 5.42. The Bertz CT molecular complexity index is 1160. The largest absolute Gasteiger partial charge is 0.494 e. The van der Waals surface area contributed by atoms with Gasteiger partial charge in [-0.25, -0.2) is 4.99 Å². The number of oxime groups is 1. The molecule has 0 spiro atoms. The van der Waals surface area contributed by atoms with E-state index >= 15 is 0 Å². The van der Waals surface area contributed by atoms with Gasteiger partial charge in [-0.3, -0.25) is 4.90 Å². The van der Waals surface area contributed by atoms with Crippen molar-refractivity contribution in [1.29, 1.82) is 0 Å². The van der Waals surface area contributed by atoms with E-state index in [4.69, 9.17) is 9.83 Å². The number of H-pyrrole nitrogens is 1. The molecular weight excluding hydrogens is 564 g/mol. The molecule has 0 aliphatic carbocycles. The summed E-state index contributed by atoms with van der Waals surface area (Å²) in [5.41, 5.74) is 4.54. The quantitative estimate of drug-likeness (QED) is 0.239. The highest BCUT2D eigenvalue weighted by molar-refractivity contribution is 14.1. The number of hydrogen-bond donors (Lipinski definition) is 3. The Hall–Kier alpha value is -1.85. The maximum Gasteiger partial charge on any atom is 0.199 e. The molecule has 0 saturated carbocycles. The number of hydrogen-bond acceptors (Lipinski definition) is 6. The molecule has 32 heavy (non-hydrogen) atoms. The summed E-state index contributed by atoms with van der Waals surface area (Å²) in [4.78, 5) is 15.9. The van der Waals surface area contributed by atoms with Gasteiger partial charge in [-0.05, 0) is 46.9 Å². The molecular formula is C22H24Cl2IN5O2. The van der Waals surface area contributed by atoms with Gasteiger partial charge in [0.05, 0.1) is 11.3 Å². The first-order valence-electron chi connectivity index (χ1n) is 10.0. The van der Waals surface area contributed by atoms with Crippen molar-refractivity contribution in [1.82, 2.24) is 15.2 Å². The summed E-state index contributed by atoms with van der Waals surface area (Å²) in [6, 6.07) is 13.9. The zero-order valence-electron chi connectivity index (χ0n) is 17.2. The lowest BCUT2D eigenvalue weighted by molar-refractivity contribution is 0.106. The summed E-state index contributed by atoms with van der Waals surface area (Å²) in [5.74, 6) is 0.0899. The molecule has 3 aromatic rings. The Labute approximate surface area is 212 Å². The predicted molar refractivity (Wildman–Crippen MR) is 142 cm³/mol. The normalized spacial score (nSPS) is 16.9. The van der Waals surface area contributed by atoms with E-state index in [9.17, 15) is 5.11 Å². The molecule has 170 valence electrons. The third kappa shape index (κ3) is 4.89. The second-order valence-electron chi connectivity index (χ2n) is 7.38. The molecule has 2 aliphatic heterocycles. The fourth-order valence-corrected chi connectivity index (χ4v) is 4.43. The second kappa shape index (κ2) is 10.8. The standard InChI is InChI=1S/C22H22IN5O2.2ClH/c23-14-5-6-18-16(13-14)19(22(29)26-18)21-20(15-3-1-2-4-17(15)25-21)27-30-12-11-28-9-7-24-8-10-28;;/h1-6,13,24,26,29H,7-12H2;2*1H/b27-20+;;. The minimum Gasteiger partial charge on any atom is -0.494 e. The lowest BCUT2D eigenvalue weighted by Crippen LogP contribution is -2.44. The maximum atomic E-state index is 10.7. The smallest absolute Gasteiger partial charge is 0.199 e. The number of nitrogens with zero attached hydrogens (tertiary/aromatic N) is 3. The lowest BCUT2D eigenvalue weighted by atomic mass is 10.0. The fourth-order valence-electron chi connectivity index (χ4n) is 3.94. The van der Waals surface area contributed by atoms with E-state index in [1.807, 2.05) is 42.5 Å². The number of fused-ring (bicyclic) bond motifs is 2. The molecule has 0 amide bonds. The summed E-state index contributed by atoms with van der Waals surface area (Å²) in [5, 5.41) is 19.4. The van der Waals surface area contributed by atoms with E-state index in [1.54, 1.807) is 0 Å². The number of aromatic amines is 1. The number of benzene rings is 2. The van der Waals surface area contributed by atoms with Crippen LogP contribution in [0.5, 0.6) is 5.88 Å². The number of nitrogens with one attached hydrogen (secondary N) is 2. The van der Waals surface area contributed by atoms with Gasteiger partial charge in [0.1, 0.15) is 18.0 Å². The SMILES string of the molecule is Cl.Cl.Oc1[nH]c2ccc(I)cc2c1C1=Nc2ccccc2/C1=N\OCCN1CCNCC1. The number of rotatable bonds is 5. The van der Waals surface area contributed by atoms with Gasteiger partial charge in [-0.2, -0.15) is 0 Å². The number of piperazine rings is 1. The molecule has 2 aromatic carbocycles. The first-order valence-corrected chi connectivity index (χ1v) is 11.1. The molecule has 0 atom stereocenters. The zero-order valence-corrected chi connectivity index (χ0v) is 21.0. The molecule has 5 rings (SSSR count). The van der Waals surface area contributed by atoms with Crippen molar-refractivity contribution in [3.63, 3.8) is 0 Å². The molecule has 0 bridgehead atoms. The number of aromatic nitrogens is 1. The van der Waals surface area contributed by atoms with Gasteiger partial charge in [0.25, 0.3) is 0 Å². The van der Waals surface area contributed by atoms with E-state index in [-0.39, 0.29) is 30.7 Å². The van der Waals surface area contributed by atoms with E-state index in [0.29, 0.717) is 23.6 Å². The van der Waals surface area contributed by atoms with Crippen molar-refractivity contribution in [2.45, 2.75) is 0 Å². The summed E-state index contributed by atoms with van der Waals surface area (Å²) in [7, 11) is 0. The van der Waals surface area contributed by atoms with Crippen molar-refractivity contribution in [2.75, 3.05) is 39.3 Å². The van der Waals surface area contributed by atoms with E-state index in [0.717, 1.165) is 58.4 Å². The van der Waals surface area contributed by atoms with E-state index in [2.05, 4.69) is 42.9 Å². The van der Waals surface area contributed by atoms with Gasteiger partial charge in [0, 0.05) is 52.8 Å². The number of aromatic hydroxyl groups is 1. The van der Waals surface area contributed by atoms with Crippen LogP contribution in [0, 0.1) is 3.57 Å². The van der Waals surface area contributed by atoms with Crippen molar-refractivity contribution in [2.24, 2.45) is 10.1 Å². The molecule has 1 fully saturated rings. The van der Waals surface area contributed by atoms with Crippen LogP contribution in [0.2, 0.25) is 0 Å². The monoisotopic (exact) mass is 587 g/mol. The molecule has 7 nitrogen and oxygen atoms in total. The summed E-state index contributed by atoms with van der Waals surface area (Å²) in [6.07, 6.45) is 0. The third-order valence-corrected chi connectivity index (χ3v) is 6.13. The van der Waals surface area contributed by atoms with Crippen LogP contribution in [0.25, 0.3) is 10.9 Å². The molecule has 0 radical (unpaired) electrons. The van der Waals surface area contributed by atoms with Crippen LogP contribution in [0.3, 0.4) is 0 Å². The summed E-state index contributed by atoms with van der Waals surface area (Å²) < 4.78 is 1.09. The average Bonchev–Trinajstić information content (AvgIpc) is 3.28. The Kier molecular flexibility index (Phi) is 8.40. The van der Waals surface area contributed by atoms with Crippen LogP contribution in [-0.2, 0) is 4.84 Å². The Morgan fingerprint density at radius 3 is 2.72 bits per heavy atom. The highest BCUT2D eigenvalue weighted by atomic mass is 127. The van der Waals surface area contributed by atoms with Gasteiger partial charge in [0.2, 0.25) is 0 Å². The second-order valence-corrected chi connectivity index (χ2v) is 8.63. The molecule has 10 heteroatoms. The van der Waals surface area contributed by atoms with Crippen LogP contribution >= 0.6 is 47.4 Å². The van der Waals surface area contributed by atoms with Crippen LogP contribution in [0.1, 0.15) is 11.1 Å². The maximum absolute atomic E-state index is 10.7. The molecule has 2 aliphatic rings. The van der Waals surface area contributed by atoms with Crippen molar-refractivity contribution in [3.05, 3.63) is 57.2 Å².